The smallest absolute Gasteiger partial charge is 0.0690 e. The van der Waals surface area contributed by atoms with Gasteiger partial charge in [-0.2, -0.15) is 0 Å². The maximum Gasteiger partial charge on any atom is 0.0690 e. The van der Waals surface area contributed by atoms with Gasteiger partial charge in [-0.05, 0) is 47.7 Å². The monoisotopic (exact) mass is 294 g/mol. The van der Waals surface area contributed by atoms with E-state index in [-0.39, 0.29) is 5.38 Å². The largest absolute Gasteiger partial charge is 0.143 e. The van der Waals surface area contributed by atoms with Crippen LogP contribution in [0.2, 0.25) is 0 Å². The second-order valence-electron chi connectivity index (χ2n) is 4.01. The van der Waals surface area contributed by atoms with Crippen LogP contribution in [0, 0.1) is 12.8 Å². The lowest BCUT2D eigenvalue weighted by Crippen LogP contribution is -1.92. The first kappa shape index (κ1) is 12.5. The molecule has 1 aromatic rings. The molecule has 3 heteroatoms. The van der Waals surface area contributed by atoms with Crippen molar-refractivity contribution in [3.8, 4) is 0 Å². The van der Waals surface area contributed by atoms with Crippen LogP contribution in [0.1, 0.15) is 41.8 Å². The van der Waals surface area contributed by atoms with E-state index < -0.39 is 0 Å². The molecule has 1 rings (SSSR count). The Hall–Kier alpha value is 0.470. The lowest BCUT2D eigenvalue weighted by molar-refractivity contribution is 0.551. The summed E-state index contributed by atoms with van der Waals surface area (Å²) in [5, 5.41) is 0.172. The van der Waals surface area contributed by atoms with Gasteiger partial charge in [-0.1, -0.05) is 13.8 Å². The Kier molecular flexibility index (Phi) is 4.95. The number of rotatable bonds is 4. The normalized spacial score (nSPS) is 13.6. The van der Waals surface area contributed by atoms with Gasteiger partial charge in [0.05, 0.1) is 5.38 Å². The van der Waals surface area contributed by atoms with E-state index in [2.05, 4.69) is 42.8 Å². The highest BCUT2D eigenvalue weighted by atomic mass is 79.9. The first-order valence-electron chi connectivity index (χ1n) is 4.90. The summed E-state index contributed by atoms with van der Waals surface area (Å²) >= 11 is 11.7. The Balaban J connectivity index is 2.60. The number of hydrogen-bond acceptors (Lipinski definition) is 1. The van der Waals surface area contributed by atoms with Gasteiger partial charge in [0.15, 0.2) is 0 Å². The first-order chi connectivity index (χ1) is 6.50. The molecular formula is C11H16BrClS. The number of halogens is 2. The molecule has 0 spiro atoms. The highest BCUT2D eigenvalue weighted by Crippen LogP contribution is 2.38. The van der Waals surface area contributed by atoms with Crippen LogP contribution in [-0.4, -0.2) is 0 Å². The van der Waals surface area contributed by atoms with Crippen LogP contribution < -0.4 is 0 Å². The second-order valence-corrected chi connectivity index (χ2v) is 6.68. The molecule has 0 amide bonds. The molecule has 1 aromatic heterocycles. The SMILES string of the molecule is Cc1cc(Br)c(C(Cl)CCC(C)C)s1. The molecule has 1 atom stereocenters. The van der Waals surface area contributed by atoms with Crippen LogP contribution in [0.3, 0.4) is 0 Å². The molecule has 0 saturated heterocycles. The highest BCUT2D eigenvalue weighted by molar-refractivity contribution is 9.10. The van der Waals surface area contributed by atoms with E-state index in [4.69, 9.17) is 11.6 Å². The molecule has 0 aromatic carbocycles. The summed E-state index contributed by atoms with van der Waals surface area (Å²) in [5.41, 5.74) is 0. The minimum absolute atomic E-state index is 0.172. The van der Waals surface area contributed by atoms with Gasteiger partial charge in [0.1, 0.15) is 0 Å². The van der Waals surface area contributed by atoms with Crippen LogP contribution in [0.5, 0.6) is 0 Å². The minimum Gasteiger partial charge on any atom is -0.143 e. The first-order valence-corrected chi connectivity index (χ1v) is 6.95. The summed E-state index contributed by atoms with van der Waals surface area (Å²) in [6.07, 6.45) is 2.26. The van der Waals surface area contributed by atoms with Crippen molar-refractivity contribution in [2.75, 3.05) is 0 Å². The third kappa shape index (κ3) is 3.56. The van der Waals surface area contributed by atoms with Crippen LogP contribution in [-0.2, 0) is 0 Å². The molecule has 0 bridgehead atoms. The Bertz CT molecular complexity index is 293. The third-order valence-corrected chi connectivity index (χ3v) is 4.77. The number of aryl methyl sites for hydroxylation is 1. The summed E-state index contributed by atoms with van der Waals surface area (Å²) in [4.78, 5) is 2.60. The number of thiophene rings is 1. The van der Waals surface area contributed by atoms with Gasteiger partial charge in [0.25, 0.3) is 0 Å². The maximum atomic E-state index is 6.35. The van der Waals surface area contributed by atoms with Crippen molar-refractivity contribution in [3.63, 3.8) is 0 Å². The maximum absolute atomic E-state index is 6.35. The summed E-state index contributed by atoms with van der Waals surface area (Å²) in [5.74, 6) is 0.732. The third-order valence-electron chi connectivity index (χ3n) is 2.12. The lowest BCUT2D eigenvalue weighted by Gasteiger charge is -2.09. The van der Waals surface area contributed by atoms with Crippen molar-refractivity contribution >= 4 is 38.9 Å². The van der Waals surface area contributed by atoms with Crippen molar-refractivity contribution in [2.45, 2.75) is 39.0 Å². The van der Waals surface area contributed by atoms with Crippen LogP contribution >= 0.6 is 38.9 Å². The van der Waals surface area contributed by atoms with Crippen molar-refractivity contribution in [1.82, 2.24) is 0 Å². The molecule has 0 nitrogen and oxygen atoms in total. The van der Waals surface area contributed by atoms with E-state index in [1.807, 2.05) is 0 Å². The van der Waals surface area contributed by atoms with Gasteiger partial charge in [0.2, 0.25) is 0 Å². The van der Waals surface area contributed by atoms with Gasteiger partial charge in [-0.3, -0.25) is 0 Å². The molecule has 80 valence electrons. The molecule has 0 fully saturated rings. The van der Waals surface area contributed by atoms with Gasteiger partial charge in [-0.25, -0.2) is 0 Å². The van der Waals surface area contributed by atoms with Gasteiger partial charge in [0, 0.05) is 14.2 Å². The molecule has 0 aliphatic heterocycles. The van der Waals surface area contributed by atoms with E-state index in [1.165, 1.54) is 20.6 Å². The zero-order chi connectivity index (χ0) is 10.7. The lowest BCUT2D eigenvalue weighted by atomic mass is 10.1. The van der Waals surface area contributed by atoms with Gasteiger partial charge in [-0.15, -0.1) is 22.9 Å². The molecule has 0 saturated carbocycles. The second kappa shape index (κ2) is 5.53. The molecular weight excluding hydrogens is 280 g/mol. The van der Waals surface area contributed by atoms with Crippen LogP contribution in [0.15, 0.2) is 10.5 Å². The number of hydrogen-bond donors (Lipinski definition) is 0. The van der Waals surface area contributed by atoms with Crippen molar-refractivity contribution < 1.29 is 0 Å². The molecule has 0 radical (unpaired) electrons. The molecule has 0 aliphatic rings. The fraction of sp³-hybridized carbons (Fsp3) is 0.636. The highest BCUT2D eigenvalue weighted by Gasteiger charge is 2.14. The van der Waals surface area contributed by atoms with E-state index in [0.29, 0.717) is 0 Å². The van der Waals surface area contributed by atoms with E-state index in [1.54, 1.807) is 11.3 Å². The topological polar surface area (TPSA) is 0 Å². The fourth-order valence-corrected chi connectivity index (χ4v) is 3.77. The van der Waals surface area contributed by atoms with Crippen molar-refractivity contribution in [1.29, 1.82) is 0 Å². The Morgan fingerprint density at radius 2 is 2.07 bits per heavy atom. The van der Waals surface area contributed by atoms with E-state index in [0.717, 1.165) is 12.3 Å². The molecule has 14 heavy (non-hydrogen) atoms. The van der Waals surface area contributed by atoms with E-state index in [9.17, 15) is 0 Å². The van der Waals surface area contributed by atoms with Crippen molar-refractivity contribution in [3.05, 3.63) is 20.3 Å². The quantitative estimate of drug-likeness (QED) is 0.640. The molecule has 0 aliphatic carbocycles. The van der Waals surface area contributed by atoms with Crippen molar-refractivity contribution in [2.24, 2.45) is 5.92 Å². The van der Waals surface area contributed by atoms with Gasteiger partial charge >= 0.3 is 0 Å². The van der Waals surface area contributed by atoms with Crippen LogP contribution in [0.25, 0.3) is 0 Å². The van der Waals surface area contributed by atoms with E-state index >= 15 is 0 Å². The predicted octanol–water partition coefficient (Wildman–Crippen LogP) is 5.54. The Morgan fingerprint density at radius 1 is 1.43 bits per heavy atom. The minimum atomic E-state index is 0.172. The summed E-state index contributed by atoms with van der Waals surface area (Å²) < 4.78 is 1.17. The Morgan fingerprint density at radius 3 is 2.50 bits per heavy atom. The summed E-state index contributed by atoms with van der Waals surface area (Å²) in [6.45, 7) is 6.58. The standard InChI is InChI=1S/C11H16BrClS/c1-7(2)4-5-10(13)11-9(12)6-8(3)14-11/h6-7,10H,4-5H2,1-3H3. The summed E-state index contributed by atoms with van der Waals surface area (Å²) in [7, 11) is 0. The molecule has 1 heterocycles. The zero-order valence-corrected chi connectivity index (χ0v) is 12.0. The molecule has 0 N–H and O–H groups in total. The number of alkyl halides is 1. The fourth-order valence-electron chi connectivity index (χ4n) is 1.33. The molecule has 1 unspecified atom stereocenters. The zero-order valence-electron chi connectivity index (χ0n) is 8.81. The Labute approximate surface area is 104 Å². The van der Waals surface area contributed by atoms with Crippen LogP contribution in [0.4, 0.5) is 0 Å². The average molecular weight is 296 g/mol. The average Bonchev–Trinajstić information content (AvgIpc) is 2.41. The van der Waals surface area contributed by atoms with Gasteiger partial charge < -0.3 is 0 Å². The predicted molar refractivity (Wildman–Crippen MR) is 69.4 cm³/mol. The summed E-state index contributed by atoms with van der Waals surface area (Å²) in [6, 6.07) is 2.14.